The van der Waals surface area contributed by atoms with Crippen molar-refractivity contribution in [1.29, 1.82) is 0 Å². The monoisotopic (exact) mass is 434 g/mol. The lowest BCUT2D eigenvalue weighted by Gasteiger charge is -2.09. The Labute approximate surface area is 181 Å². The number of amides is 1. The van der Waals surface area contributed by atoms with Crippen molar-refractivity contribution in [3.8, 4) is 11.8 Å². The Morgan fingerprint density at radius 1 is 1.03 bits per heavy atom. The van der Waals surface area contributed by atoms with Crippen LogP contribution in [0.2, 0.25) is 0 Å². The molecule has 0 spiro atoms. The van der Waals surface area contributed by atoms with Crippen LogP contribution >= 0.6 is 0 Å². The molecule has 0 unspecified atom stereocenters. The molecule has 0 saturated heterocycles. The zero-order valence-electron chi connectivity index (χ0n) is 17.2. The fourth-order valence-electron chi connectivity index (χ4n) is 3.10. The molecular formula is C24H17F3N4O. The fraction of sp³-hybridized carbons (Fsp3) is 0.125. The zero-order chi connectivity index (χ0) is 22.9. The number of nitrogens with zero attached hydrogens (tertiary/aromatic N) is 3. The number of alkyl halides is 3. The molecule has 0 radical (unpaired) electrons. The van der Waals surface area contributed by atoms with Crippen molar-refractivity contribution in [3.05, 3.63) is 88.9 Å². The minimum Gasteiger partial charge on any atom is -0.334 e. The minimum absolute atomic E-state index is 0.178. The molecule has 4 rings (SSSR count). The van der Waals surface area contributed by atoms with Gasteiger partial charge < -0.3 is 9.88 Å². The van der Waals surface area contributed by atoms with Gasteiger partial charge in [0.1, 0.15) is 5.82 Å². The molecule has 32 heavy (non-hydrogen) atoms. The van der Waals surface area contributed by atoms with E-state index in [4.69, 9.17) is 0 Å². The van der Waals surface area contributed by atoms with Crippen molar-refractivity contribution >= 4 is 22.8 Å². The third kappa shape index (κ3) is 4.47. The van der Waals surface area contributed by atoms with Crippen molar-refractivity contribution in [2.75, 3.05) is 5.32 Å². The summed E-state index contributed by atoms with van der Waals surface area (Å²) in [5, 5.41) is 2.41. The van der Waals surface area contributed by atoms with Crippen LogP contribution in [0.5, 0.6) is 0 Å². The molecule has 0 aliphatic carbocycles. The van der Waals surface area contributed by atoms with Crippen LogP contribution in [0.25, 0.3) is 11.0 Å². The number of benzene rings is 2. The van der Waals surface area contributed by atoms with Gasteiger partial charge in [-0.05, 0) is 55.0 Å². The molecule has 0 aliphatic heterocycles. The van der Waals surface area contributed by atoms with Crippen molar-refractivity contribution in [2.45, 2.75) is 13.1 Å². The first kappa shape index (κ1) is 21.1. The number of imidazole rings is 1. The zero-order valence-corrected chi connectivity index (χ0v) is 17.2. The molecule has 2 aromatic heterocycles. The second-order valence-corrected chi connectivity index (χ2v) is 7.22. The summed E-state index contributed by atoms with van der Waals surface area (Å²) >= 11 is 0. The SMILES string of the molecule is Cc1ccc(C(=O)Nc2cc(C(F)(F)F)ccn2)cc1C#Cc1ccc2ncn(C)c2c1. The van der Waals surface area contributed by atoms with E-state index in [1.54, 1.807) is 24.5 Å². The number of pyridine rings is 1. The molecule has 2 heterocycles. The van der Waals surface area contributed by atoms with Crippen LogP contribution in [0, 0.1) is 18.8 Å². The van der Waals surface area contributed by atoms with Gasteiger partial charge in [-0.2, -0.15) is 13.2 Å². The Hall–Kier alpha value is -4.12. The van der Waals surface area contributed by atoms with E-state index >= 15 is 0 Å². The van der Waals surface area contributed by atoms with Gasteiger partial charge in [0.2, 0.25) is 0 Å². The molecule has 1 amide bonds. The van der Waals surface area contributed by atoms with E-state index in [0.29, 0.717) is 5.56 Å². The van der Waals surface area contributed by atoms with E-state index < -0.39 is 17.6 Å². The van der Waals surface area contributed by atoms with Crippen LogP contribution < -0.4 is 5.32 Å². The maximum absolute atomic E-state index is 12.9. The molecule has 0 fully saturated rings. The minimum atomic E-state index is -4.52. The Kier molecular flexibility index (Phi) is 5.41. The summed E-state index contributed by atoms with van der Waals surface area (Å²) in [6.45, 7) is 1.87. The van der Waals surface area contributed by atoms with Gasteiger partial charge in [0.25, 0.3) is 5.91 Å². The standard InChI is InChI=1S/C24H17F3N4O/c1-15-3-6-18(23(32)30-22-13-19(9-10-28-22)24(25,26)27)12-17(15)7-4-16-5-8-20-21(11-16)31(2)14-29-20/h3,5-6,8-14H,1-2H3,(H,28,30,32). The average molecular weight is 434 g/mol. The maximum atomic E-state index is 12.9. The second kappa shape index (κ2) is 8.19. The van der Waals surface area contributed by atoms with E-state index in [0.717, 1.165) is 40.5 Å². The smallest absolute Gasteiger partial charge is 0.334 e. The van der Waals surface area contributed by atoms with Crippen LogP contribution in [0.15, 0.2) is 61.1 Å². The summed E-state index contributed by atoms with van der Waals surface area (Å²) in [6.07, 6.45) is -1.79. The first-order valence-corrected chi connectivity index (χ1v) is 9.59. The lowest BCUT2D eigenvalue weighted by atomic mass is 10.0. The molecule has 5 nitrogen and oxygen atoms in total. The molecule has 4 aromatic rings. The number of nitrogens with one attached hydrogen (secondary N) is 1. The van der Waals surface area contributed by atoms with Crippen molar-refractivity contribution in [2.24, 2.45) is 7.05 Å². The third-order valence-corrected chi connectivity index (χ3v) is 4.90. The molecule has 0 saturated carbocycles. The third-order valence-electron chi connectivity index (χ3n) is 4.90. The number of anilines is 1. The van der Waals surface area contributed by atoms with E-state index in [9.17, 15) is 18.0 Å². The maximum Gasteiger partial charge on any atom is 0.416 e. The number of halogens is 3. The predicted octanol–water partition coefficient (Wildman–Crippen LogP) is 4.95. The summed E-state index contributed by atoms with van der Waals surface area (Å²) in [4.78, 5) is 20.7. The van der Waals surface area contributed by atoms with E-state index in [-0.39, 0.29) is 11.4 Å². The summed E-state index contributed by atoms with van der Waals surface area (Å²) in [7, 11) is 1.90. The van der Waals surface area contributed by atoms with Crippen LogP contribution in [0.3, 0.4) is 0 Å². The van der Waals surface area contributed by atoms with Crippen LogP contribution in [-0.4, -0.2) is 20.4 Å². The van der Waals surface area contributed by atoms with Gasteiger partial charge in [-0.1, -0.05) is 17.9 Å². The summed E-state index contributed by atoms with van der Waals surface area (Å²) in [5.74, 6) is 5.41. The van der Waals surface area contributed by atoms with Gasteiger partial charge in [-0.25, -0.2) is 9.97 Å². The summed E-state index contributed by atoms with van der Waals surface area (Å²) < 4.78 is 40.5. The molecule has 0 bridgehead atoms. The molecular weight excluding hydrogens is 417 g/mol. The molecule has 8 heteroatoms. The topological polar surface area (TPSA) is 59.8 Å². The van der Waals surface area contributed by atoms with Gasteiger partial charge in [0.15, 0.2) is 0 Å². The van der Waals surface area contributed by atoms with Gasteiger partial charge in [-0.15, -0.1) is 0 Å². The average Bonchev–Trinajstić information content (AvgIpc) is 3.13. The number of carbonyl (C=O) groups is 1. The molecule has 160 valence electrons. The Morgan fingerprint density at radius 2 is 1.84 bits per heavy atom. The number of hydrogen-bond donors (Lipinski definition) is 1. The number of hydrogen-bond acceptors (Lipinski definition) is 3. The first-order chi connectivity index (χ1) is 15.2. The quantitative estimate of drug-likeness (QED) is 0.455. The predicted molar refractivity (Wildman–Crippen MR) is 115 cm³/mol. The van der Waals surface area contributed by atoms with Crippen LogP contribution in [0.4, 0.5) is 19.0 Å². The molecule has 0 atom stereocenters. The summed E-state index contributed by atoms with van der Waals surface area (Å²) in [5.41, 5.74) is 3.51. The molecule has 0 aliphatic rings. The number of rotatable bonds is 2. The lowest BCUT2D eigenvalue weighted by Crippen LogP contribution is -2.14. The highest BCUT2D eigenvalue weighted by atomic mass is 19.4. The Morgan fingerprint density at radius 3 is 2.62 bits per heavy atom. The normalized spacial score (nSPS) is 11.2. The Balaban J connectivity index is 1.58. The van der Waals surface area contributed by atoms with E-state index in [1.807, 2.05) is 36.7 Å². The van der Waals surface area contributed by atoms with E-state index in [2.05, 4.69) is 27.1 Å². The van der Waals surface area contributed by atoms with Crippen LogP contribution in [-0.2, 0) is 13.2 Å². The van der Waals surface area contributed by atoms with Gasteiger partial charge in [0, 0.05) is 29.9 Å². The number of fused-ring (bicyclic) bond motifs is 1. The van der Waals surface area contributed by atoms with Crippen LogP contribution in [0.1, 0.15) is 32.6 Å². The lowest BCUT2D eigenvalue weighted by molar-refractivity contribution is -0.137. The van der Waals surface area contributed by atoms with Gasteiger partial charge >= 0.3 is 6.18 Å². The first-order valence-electron chi connectivity index (χ1n) is 9.59. The fourth-order valence-corrected chi connectivity index (χ4v) is 3.10. The largest absolute Gasteiger partial charge is 0.416 e. The van der Waals surface area contributed by atoms with Crippen molar-refractivity contribution < 1.29 is 18.0 Å². The highest BCUT2D eigenvalue weighted by Gasteiger charge is 2.30. The van der Waals surface area contributed by atoms with Gasteiger partial charge in [-0.3, -0.25) is 4.79 Å². The molecule has 1 N–H and O–H groups in total. The number of aryl methyl sites for hydroxylation is 2. The summed E-state index contributed by atoms with van der Waals surface area (Å²) in [6, 6.07) is 12.3. The highest BCUT2D eigenvalue weighted by Crippen LogP contribution is 2.30. The Bertz CT molecular complexity index is 1390. The number of carbonyl (C=O) groups excluding carboxylic acids is 1. The second-order valence-electron chi connectivity index (χ2n) is 7.22. The van der Waals surface area contributed by atoms with Crippen molar-refractivity contribution in [3.63, 3.8) is 0 Å². The van der Waals surface area contributed by atoms with Crippen molar-refractivity contribution in [1.82, 2.24) is 14.5 Å². The number of aromatic nitrogens is 3. The molecule has 2 aromatic carbocycles. The highest BCUT2D eigenvalue weighted by molar-refractivity contribution is 6.04. The van der Waals surface area contributed by atoms with Gasteiger partial charge in [0.05, 0.1) is 22.9 Å². The van der Waals surface area contributed by atoms with E-state index in [1.165, 1.54) is 0 Å².